The number of ether oxygens (including phenoxy) is 2. The maximum absolute atomic E-state index is 13.6. The summed E-state index contributed by atoms with van der Waals surface area (Å²) in [6.07, 6.45) is 6.11. The second kappa shape index (κ2) is 11.0. The van der Waals surface area contributed by atoms with Gasteiger partial charge in [-0.25, -0.2) is 0 Å². The summed E-state index contributed by atoms with van der Waals surface area (Å²) >= 11 is 0. The van der Waals surface area contributed by atoms with Crippen molar-refractivity contribution in [3.8, 4) is 0 Å². The first-order valence-electron chi connectivity index (χ1n) is 7.72. The molecule has 1 aliphatic rings. The fourth-order valence-corrected chi connectivity index (χ4v) is 2.21. The molecule has 126 valence electrons. The van der Waals surface area contributed by atoms with Gasteiger partial charge in [-0.3, -0.25) is 0 Å². The maximum Gasteiger partial charge on any atom is 0.203 e. The number of methoxy groups -OCH3 is 1. The third kappa shape index (κ3) is 6.46. The van der Waals surface area contributed by atoms with Gasteiger partial charge in [0.15, 0.2) is 11.5 Å². The van der Waals surface area contributed by atoms with Gasteiger partial charge in [0.05, 0.1) is 13.7 Å². The first-order valence-corrected chi connectivity index (χ1v) is 7.72. The summed E-state index contributed by atoms with van der Waals surface area (Å²) in [4.78, 5) is 0. The Kier molecular flexibility index (Phi) is 10.3. The van der Waals surface area contributed by atoms with Gasteiger partial charge in [0, 0.05) is 0 Å². The Labute approximate surface area is 133 Å². The molecule has 0 radical (unpaired) electrons. The van der Waals surface area contributed by atoms with Gasteiger partial charge in [-0.2, -0.15) is 8.78 Å². The molecule has 0 aromatic heterocycles. The van der Waals surface area contributed by atoms with E-state index in [2.05, 4.69) is 24.5 Å². The Balaban J connectivity index is 0.00000211. The van der Waals surface area contributed by atoms with Crippen LogP contribution in [0, 0.1) is 11.8 Å². The Morgan fingerprint density at radius 1 is 1.05 bits per heavy atom. The molecule has 2 nitrogen and oxygen atoms in total. The molecular weight excluding hydrogens is 286 g/mol. The highest BCUT2D eigenvalue weighted by Crippen LogP contribution is 2.30. The molecule has 0 aromatic carbocycles. The average molecular weight is 314 g/mol. The lowest BCUT2D eigenvalue weighted by Crippen LogP contribution is -2.17. The van der Waals surface area contributed by atoms with Crippen molar-refractivity contribution in [1.29, 1.82) is 0 Å². The highest BCUT2D eigenvalue weighted by molar-refractivity contribution is 5.29. The summed E-state index contributed by atoms with van der Waals surface area (Å²) in [6.45, 7) is 14.8. The average Bonchev–Trinajstić information content (AvgIpc) is 2.59. The van der Waals surface area contributed by atoms with Gasteiger partial charge in [0.2, 0.25) is 11.7 Å². The lowest BCUT2D eigenvalue weighted by Gasteiger charge is -2.26. The third-order valence-electron chi connectivity index (χ3n) is 3.65. The molecule has 0 bridgehead atoms. The zero-order chi connectivity index (χ0) is 17.1. The highest BCUT2D eigenvalue weighted by atomic mass is 19.2. The van der Waals surface area contributed by atoms with Crippen molar-refractivity contribution in [1.82, 2.24) is 0 Å². The molecule has 0 amide bonds. The minimum atomic E-state index is -1.17. The molecule has 0 aliphatic heterocycles. The number of halogens is 2. The quantitative estimate of drug-likeness (QED) is 0.333. The molecule has 1 aliphatic carbocycles. The van der Waals surface area contributed by atoms with Crippen LogP contribution in [0.15, 0.2) is 49.0 Å². The fourth-order valence-electron chi connectivity index (χ4n) is 2.21. The Morgan fingerprint density at radius 2 is 1.55 bits per heavy atom. The maximum atomic E-state index is 13.6. The van der Waals surface area contributed by atoms with E-state index in [1.807, 2.05) is 19.9 Å². The lowest BCUT2D eigenvalue weighted by molar-refractivity contribution is 0.133. The van der Waals surface area contributed by atoms with Gasteiger partial charge < -0.3 is 9.47 Å². The second-order valence-corrected chi connectivity index (χ2v) is 5.01. The van der Waals surface area contributed by atoms with Crippen molar-refractivity contribution in [2.24, 2.45) is 11.8 Å². The molecule has 0 aromatic rings. The van der Waals surface area contributed by atoms with Crippen LogP contribution in [0.5, 0.6) is 0 Å². The third-order valence-corrected chi connectivity index (χ3v) is 3.65. The number of allylic oxidation sites excluding steroid dienone is 3. The van der Waals surface area contributed by atoms with Crippen LogP contribution in [0.4, 0.5) is 8.78 Å². The van der Waals surface area contributed by atoms with Crippen LogP contribution in [0.1, 0.15) is 39.5 Å². The second-order valence-electron chi connectivity index (χ2n) is 5.01. The molecule has 1 saturated carbocycles. The van der Waals surface area contributed by atoms with Crippen LogP contribution >= 0.6 is 0 Å². The van der Waals surface area contributed by atoms with Crippen molar-refractivity contribution in [3.63, 3.8) is 0 Å². The molecule has 0 unspecified atom stereocenters. The van der Waals surface area contributed by atoms with Crippen molar-refractivity contribution >= 4 is 0 Å². The van der Waals surface area contributed by atoms with E-state index in [0.717, 1.165) is 25.7 Å². The van der Waals surface area contributed by atoms with E-state index in [9.17, 15) is 8.78 Å². The van der Waals surface area contributed by atoms with E-state index in [-0.39, 0.29) is 11.5 Å². The topological polar surface area (TPSA) is 18.5 Å². The summed E-state index contributed by atoms with van der Waals surface area (Å²) in [5.41, 5.74) is 0. The largest absolute Gasteiger partial charge is 0.494 e. The van der Waals surface area contributed by atoms with Gasteiger partial charge >= 0.3 is 0 Å². The van der Waals surface area contributed by atoms with Gasteiger partial charge in [-0.05, 0) is 37.5 Å². The smallest absolute Gasteiger partial charge is 0.203 e. The van der Waals surface area contributed by atoms with Crippen LogP contribution < -0.4 is 0 Å². The van der Waals surface area contributed by atoms with Crippen LogP contribution in [-0.2, 0) is 9.47 Å². The Morgan fingerprint density at radius 3 is 2.00 bits per heavy atom. The molecule has 0 N–H and O–H groups in total. The van der Waals surface area contributed by atoms with E-state index in [4.69, 9.17) is 4.74 Å². The fraction of sp³-hybridized carbons (Fsp3) is 0.556. The molecule has 1 fully saturated rings. The van der Waals surface area contributed by atoms with Crippen molar-refractivity contribution in [2.45, 2.75) is 39.5 Å². The van der Waals surface area contributed by atoms with E-state index in [1.54, 1.807) is 0 Å². The number of hydrogen-bond donors (Lipinski definition) is 0. The predicted octanol–water partition coefficient (Wildman–Crippen LogP) is 5.85. The molecule has 4 heteroatoms. The molecule has 0 saturated heterocycles. The normalized spacial score (nSPS) is 21.7. The standard InChI is InChI=1S/C16H22F2O2.C2H6/c1-5-13-6-8-14(9-7-13)10-20-12(3)16(18)15(17)11(2)19-4;1-2/h5,13-14H,1-3,6-10H2,4H3;1-2H3/b16-15-;. The summed E-state index contributed by atoms with van der Waals surface area (Å²) in [7, 11) is 1.22. The number of hydrogen-bond acceptors (Lipinski definition) is 2. The monoisotopic (exact) mass is 314 g/mol. The molecule has 22 heavy (non-hydrogen) atoms. The van der Waals surface area contributed by atoms with Crippen LogP contribution in [0.25, 0.3) is 0 Å². The van der Waals surface area contributed by atoms with Crippen LogP contribution in [0.3, 0.4) is 0 Å². The molecule has 0 spiro atoms. The Bertz CT molecular complexity index is 405. The summed E-state index contributed by atoms with van der Waals surface area (Å²) in [6, 6.07) is 0. The SMILES string of the molecule is C=CC1CCC(COC(=C)/C(F)=C(/F)C(=C)OC)CC1.CC. The van der Waals surface area contributed by atoms with Crippen LogP contribution in [0.2, 0.25) is 0 Å². The van der Waals surface area contributed by atoms with E-state index in [1.165, 1.54) is 7.11 Å². The molecule has 1 rings (SSSR count). The zero-order valence-electron chi connectivity index (χ0n) is 14.0. The highest BCUT2D eigenvalue weighted by Gasteiger charge is 2.21. The van der Waals surface area contributed by atoms with E-state index >= 15 is 0 Å². The summed E-state index contributed by atoms with van der Waals surface area (Å²) in [5, 5.41) is 0. The first kappa shape index (κ1) is 20.4. The van der Waals surface area contributed by atoms with Gasteiger partial charge in [-0.1, -0.05) is 33.1 Å². The molecule has 0 heterocycles. The van der Waals surface area contributed by atoms with Gasteiger partial charge in [0.25, 0.3) is 0 Å². The van der Waals surface area contributed by atoms with E-state index < -0.39 is 11.7 Å². The molecule has 0 atom stereocenters. The van der Waals surface area contributed by atoms with Crippen molar-refractivity contribution < 1.29 is 18.3 Å². The van der Waals surface area contributed by atoms with Gasteiger partial charge in [0.1, 0.15) is 0 Å². The molecular formula is C18H28F2O2. The van der Waals surface area contributed by atoms with E-state index in [0.29, 0.717) is 18.4 Å². The van der Waals surface area contributed by atoms with Crippen molar-refractivity contribution in [3.05, 3.63) is 49.0 Å². The zero-order valence-corrected chi connectivity index (χ0v) is 14.0. The predicted molar refractivity (Wildman–Crippen MR) is 87.5 cm³/mol. The van der Waals surface area contributed by atoms with Gasteiger partial charge in [-0.15, -0.1) is 6.58 Å². The van der Waals surface area contributed by atoms with Crippen molar-refractivity contribution in [2.75, 3.05) is 13.7 Å². The Hall–Kier alpha value is -1.58. The summed E-state index contributed by atoms with van der Waals surface area (Å²) in [5.74, 6) is -2.10. The minimum Gasteiger partial charge on any atom is -0.494 e. The minimum absolute atomic E-state index is 0.313. The summed E-state index contributed by atoms with van der Waals surface area (Å²) < 4.78 is 36.8. The number of rotatable bonds is 7. The van der Waals surface area contributed by atoms with Crippen LogP contribution in [-0.4, -0.2) is 13.7 Å². The lowest BCUT2D eigenvalue weighted by atomic mass is 9.82. The first-order chi connectivity index (χ1) is 10.5.